The van der Waals surface area contributed by atoms with E-state index in [0.29, 0.717) is 5.69 Å². The molecule has 0 bridgehead atoms. The van der Waals surface area contributed by atoms with Crippen molar-refractivity contribution in [2.45, 2.75) is 64.9 Å². The molecule has 0 spiro atoms. The number of unbranched alkanes of at least 4 members (excludes halogenated alkanes) is 3. The minimum atomic E-state index is -0.638. The van der Waals surface area contributed by atoms with E-state index >= 15 is 0 Å². The molecule has 0 fully saturated rings. The van der Waals surface area contributed by atoms with E-state index in [1.807, 2.05) is 6.07 Å². The molecule has 2 amide bonds. The number of hydrogen-bond acceptors (Lipinski definition) is 3. The number of benzene rings is 1. The number of halogens is 1. The Kier molecular flexibility index (Phi) is 10.2. The van der Waals surface area contributed by atoms with Crippen molar-refractivity contribution in [1.29, 1.82) is 0 Å². The first-order chi connectivity index (χ1) is 11.6. The molecule has 0 heterocycles. The largest absolute Gasteiger partial charge is 0.446 e. The second-order valence-electron chi connectivity index (χ2n) is 5.84. The minimum Gasteiger partial charge on any atom is -0.446 e. The first-order valence-electron chi connectivity index (χ1n) is 8.78. The number of rotatable bonds is 10. The van der Waals surface area contributed by atoms with Crippen LogP contribution >= 0.6 is 11.6 Å². The molecule has 1 aromatic rings. The fourth-order valence-corrected chi connectivity index (χ4v) is 2.69. The van der Waals surface area contributed by atoms with E-state index in [-0.39, 0.29) is 12.0 Å². The lowest BCUT2D eigenvalue weighted by Crippen LogP contribution is -2.40. The molecule has 1 unspecified atom stereocenters. The molecule has 0 N–H and O–H groups in total. The van der Waals surface area contributed by atoms with Crippen LogP contribution in [0.2, 0.25) is 0 Å². The third kappa shape index (κ3) is 6.91. The van der Waals surface area contributed by atoms with Crippen LogP contribution in [0, 0.1) is 0 Å². The quantitative estimate of drug-likeness (QED) is 0.410. The van der Waals surface area contributed by atoms with Crippen molar-refractivity contribution < 1.29 is 14.3 Å². The van der Waals surface area contributed by atoms with Gasteiger partial charge in [-0.15, -0.1) is 11.6 Å². The minimum absolute atomic E-state index is 0.159. The molecule has 0 aliphatic heterocycles. The van der Waals surface area contributed by atoms with Crippen molar-refractivity contribution in [3.8, 4) is 0 Å². The number of ether oxygens (including phenoxy) is 1. The molecule has 24 heavy (non-hydrogen) atoms. The summed E-state index contributed by atoms with van der Waals surface area (Å²) in [4.78, 5) is 25.7. The molecule has 4 nitrogen and oxygen atoms in total. The predicted molar refractivity (Wildman–Crippen MR) is 98.6 cm³/mol. The number of anilines is 1. The van der Waals surface area contributed by atoms with Gasteiger partial charge in [-0.2, -0.15) is 0 Å². The van der Waals surface area contributed by atoms with Gasteiger partial charge in [0.1, 0.15) is 12.0 Å². The monoisotopic (exact) mass is 353 g/mol. The summed E-state index contributed by atoms with van der Waals surface area (Å²) in [6.45, 7) is 4.23. The summed E-state index contributed by atoms with van der Waals surface area (Å²) in [5.41, 5.74) is 0.481. The van der Waals surface area contributed by atoms with Gasteiger partial charge in [-0.05, 0) is 31.4 Å². The van der Waals surface area contributed by atoms with Crippen molar-refractivity contribution in [3.63, 3.8) is 0 Å². The highest BCUT2D eigenvalue weighted by atomic mass is 35.5. The van der Waals surface area contributed by atoms with Gasteiger partial charge in [-0.3, -0.25) is 4.79 Å². The Balaban J connectivity index is 2.75. The molecule has 0 saturated heterocycles. The van der Waals surface area contributed by atoms with Crippen LogP contribution in [0.25, 0.3) is 0 Å². The number of alkyl halides is 1. The van der Waals surface area contributed by atoms with E-state index in [1.165, 1.54) is 12.8 Å². The highest BCUT2D eigenvalue weighted by Crippen LogP contribution is 2.19. The first kappa shape index (κ1) is 20.5. The van der Waals surface area contributed by atoms with Gasteiger partial charge >= 0.3 is 6.09 Å². The summed E-state index contributed by atoms with van der Waals surface area (Å²) in [5.74, 6) is -0.743. The molecule has 1 rings (SSSR count). The Hall–Kier alpha value is -1.55. The van der Waals surface area contributed by atoms with Crippen LogP contribution in [0.1, 0.15) is 58.8 Å². The zero-order valence-corrected chi connectivity index (χ0v) is 15.4. The maximum Gasteiger partial charge on any atom is 0.421 e. The molecule has 0 aliphatic rings. The standard InChI is InChI=1S/C19H28ClNO3/c1-3-5-6-10-14-17(11-4-2)24-19(23)21(18(22)15-20)16-12-8-7-9-13-16/h7-9,12-13,17H,3-6,10-11,14-15H2,1-2H3. The molecule has 0 radical (unpaired) electrons. The Bertz CT molecular complexity index is 493. The van der Waals surface area contributed by atoms with E-state index in [2.05, 4.69) is 13.8 Å². The summed E-state index contributed by atoms with van der Waals surface area (Å²) in [5, 5.41) is 0. The molecule has 1 atom stereocenters. The summed E-state index contributed by atoms with van der Waals surface area (Å²) < 4.78 is 5.62. The van der Waals surface area contributed by atoms with Crippen LogP contribution in [-0.4, -0.2) is 24.0 Å². The highest BCUT2D eigenvalue weighted by molar-refractivity contribution is 6.32. The van der Waals surface area contributed by atoms with Crippen molar-refractivity contribution in [2.75, 3.05) is 10.8 Å². The van der Waals surface area contributed by atoms with E-state index in [1.54, 1.807) is 24.3 Å². The van der Waals surface area contributed by atoms with Gasteiger partial charge in [-0.1, -0.05) is 57.7 Å². The maximum atomic E-state index is 12.5. The lowest BCUT2D eigenvalue weighted by Gasteiger charge is -2.24. The molecular weight excluding hydrogens is 326 g/mol. The smallest absolute Gasteiger partial charge is 0.421 e. The van der Waals surface area contributed by atoms with Gasteiger partial charge in [0.25, 0.3) is 5.91 Å². The Morgan fingerprint density at radius 1 is 1.04 bits per heavy atom. The maximum absolute atomic E-state index is 12.5. The predicted octanol–water partition coefficient (Wildman–Crippen LogP) is 5.53. The molecule has 134 valence electrons. The number of imide groups is 1. The van der Waals surface area contributed by atoms with Crippen molar-refractivity contribution in [2.24, 2.45) is 0 Å². The SMILES string of the molecule is CCCCCCC(CCC)OC(=O)N(C(=O)CCl)c1ccccc1. The van der Waals surface area contributed by atoms with E-state index in [0.717, 1.165) is 37.0 Å². The van der Waals surface area contributed by atoms with Crippen molar-refractivity contribution in [1.82, 2.24) is 0 Å². The molecule has 0 saturated carbocycles. The van der Waals surface area contributed by atoms with Gasteiger partial charge in [0, 0.05) is 0 Å². The molecular formula is C19H28ClNO3. The van der Waals surface area contributed by atoms with Gasteiger partial charge in [0.15, 0.2) is 0 Å². The Labute approximate surface area is 150 Å². The zero-order chi connectivity index (χ0) is 17.8. The summed E-state index contributed by atoms with van der Waals surface area (Å²) in [6.07, 6.45) is 6.29. The lowest BCUT2D eigenvalue weighted by atomic mass is 10.1. The summed E-state index contributed by atoms with van der Waals surface area (Å²) >= 11 is 5.66. The van der Waals surface area contributed by atoms with Crippen LogP contribution in [-0.2, 0) is 9.53 Å². The first-order valence-corrected chi connectivity index (χ1v) is 9.32. The van der Waals surface area contributed by atoms with Crippen LogP contribution < -0.4 is 4.90 Å². The second-order valence-corrected chi connectivity index (χ2v) is 6.11. The molecule has 5 heteroatoms. The van der Waals surface area contributed by atoms with Crippen LogP contribution in [0.5, 0.6) is 0 Å². The third-order valence-corrected chi connectivity index (χ3v) is 4.05. The number of carbonyl (C=O) groups excluding carboxylic acids is 2. The fourth-order valence-electron chi connectivity index (χ4n) is 2.57. The van der Waals surface area contributed by atoms with E-state index in [4.69, 9.17) is 16.3 Å². The topological polar surface area (TPSA) is 46.6 Å². The van der Waals surface area contributed by atoms with Crippen LogP contribution in [0.4, 0.5) is 10.5 Å². The van der Waals surface area contributed by atoms with Gasteiger partial charge in [0.2, 0.25) is 0 Å². The molecule has 1 aromatic carbocycles. The Morgan fingerprint density at radius 2 is 1.75 bits per heavy atom. The number of para-hydroxylation sites is 1. The number of hydrogen-bond donors (Lipinski definition) is 0. The van der Waals surface area contributed by atoms with Crippen LogP contribution in [0.3, 0.4) is 0 Å². The average Bonchev–Trinajstić information content (AvgIpc) is 2.59. The Morgan fingerprint density at radius 3 is 2.33 bits per heavy atom. The normalized spacial score (nSPS) is 11.8. The summed E-state index contributed by atoms with van der Waals surface area (Å²) in [6, 6.07) is 8.76. The summed E-state index contributed by atoms with van der Waals surface area (Å²) in [7, 11) is 0. The number of amides is 2. The van der Waals surface area contributed by atoms with Crippen molar-refractivity contribution in [3.05, 3.63) is 30.3 Å². The molecule has 0 aliphatic carbocycles. The molecule has 0 aromatic heterocycles. The number of nitrogens with zero attached hydrogens (tertiary/aromatic N) is 1. The van der Waals surface area contributed by atoms with Crippen LogP contribution in [0.15, 0.2) is 30.3 Å². The van der Waals surface area contributed by atoms with Gasteiger partial charge < -0.3 is 4.74 Å². The van der Waals surface area contributed by atoms with E-state index < -0.39 is 12.0 Å². The van der Waals surface area contributed by atoms with Gasteiger partial charge in [0.05, 0.1) is 5.69 Å². The third-order valence-electron chi connectivity index (χ3n) is 3.82. The fraction of sp³-hybridized carbons (Fsp3) is 0.579. The lowest BCUT2D eigenvalue weighted by molar-refractivity contribution is -0.116. The highest BCUT2D eigenvalue weighted by Gasteiger charge is 2.26. The number of carbonyl (C=O) groups is 2. The second kappa shape index (κ2) is 11.9. The van der Waals surface area contributed by atoms with Gasteiger partial charge in [-0.25, -0.2) is 9.69 Å². The average molecular weight is 354 g/mol. The zero-order valence-electron chi connectivity index (χ0n) is 14.7. The van der Waals surface area contributed by atoms with Crippen molar-refractivity contribution >= 4 is 29.3 Å². The van der Waals surface area contributed by atoms with E-state index in [9.17, 15) is 9.59 Å².